The van der Waals surface area contributed by atoms with Crippen LogP contribution in [0.5, 0.6) is 5.88 Å². The average molecular weight is 409 g/mol. The molecule has 3 aromatic rings. The van der Waals surface area contributed by atoms with Crippen LogP contribution in [0, 0.1) is 0 Å². The lowest BCUT2D eigenvalue weighted by Crippen LogP contribution is -2.12. The molecule has 0 aliphatic carbocycles. The molecule has 0 aliphatic heterocycles. The Kier molecular flexibility index (Phi) is 5.92. The number of aromatic hydroxyl groups is 1. The summed E-state index contributed by atoms with van der Waals surface area (Å²) in [4.78, 5) is 33.9. The van der Waals surface area contributed by atoms with Gasteiger partial charge in [-0.15, -0.1) is 11.3 Å². The number of aromatic nitrogens is 3. The monoisotopic (exact) mass is 408 g/mol. The third-order valence-electron chi connectivity index (χ3n) is 3.17. The normalized spacial score (nSPS) is 10.7. The molecule has 134 valence electrons. The van der Waals surface area contributed by atoms with E-state index >= 15 is 0 Å². The largest absolute Gasteiger partial charge is 0.493 e. The fraction of sp³-hybridized carbons (Fsp3) is 0.125. The topological polar surface area (TPSA) is 108 Å². The van der Waals surface area contributed by atoms with Gasteiger partial charge in [0.05, 0.1) is 11.8 Å². The van der Waals surface area contributed by atoms with Gasteiger partial charge in [0.15, 0.2) is 10.3 Å². The quantitative estimate of drug-likeness (QED) is 0.426. The zero-order valence-electron chi connectivity index (χ0n) is 13.2. The van der Waals surface area contributed by atoms with Crippen molar-refractivity contribution in [1.82, 2.24) is 15.0 Å². The van der Waals surface area contributed by atoms with E-state index in [9.17, 15) is 14.7 Å². The Hall–Kier alpha value is -2.36. The van der Waals surface area contributed by atoms with Crippen molar-refractivity contribution in [2.75, 3.05) is 11.1 Å². The van der Waals surface area contributed by atoms with E-state index in [2.05, 4.69) is 20.3 Å². The smallest absolute Gasteiger partial charge is 0.255 e. The van der Waals surface area contributed by atoms with Crippen LogP contribution in [0.4, 0.5) is 5.13 Å². The first-order valence-corrected chi connectivity index (χ1v) is 9.69. The number of thiazole rings is 1. The Bertz CT molecular complexity index is 989. The molecule has 10 heteroatoms. The van der Waals surface area contributed by atoms with E-state index in [1.54, 1.807) is 6.07 Å². The summed E-state index contributed by atoms with van der Waals surface area (Å²) < 4.78 is 0. The van der Waals surface area contributed by atoms with E-state index in [4.69, 9.17) is 11.6 Å². The van der Waals surface area contributed by atoms with Gasteiger partial charge in [0.2, 0.25) is 11.8 Å². The lowest BCUT2D eigenvalue weighted by Gasteiger charge is -2.02. The molecule has 1 amide bonds. The predicted molar refractivity (Wildman–Crippen MR) is 103 cm³/mol. The number of amides is 1. The first-order valence-electron chi connectivity index (χ1n) is 7.44. The lowest BCUT2D eigenvalue weighted by molar-refractivity contribution is -0.115. The molecule has 3 rings (SSSR count). The van der Waals surface area contributed by atoms with Gasteiger partial charge in [0.25, 0.3) is 5.56 Å². The van der Waals surface area contributed by atoms with Crippen LogP contribution in [0.2, 0.25) is 5.02 Å². The van der Waals surface area contributed by atoms with E-state index < -0.39 is 5.56 Å². The summed E-state index contributed by atoms with van der Waals surface area (Å²) in [5, 5.41) is 15.2. The van der Waals surface area contributed by atoms with E-state index in [1.165, 1.54) is 23.1 Å². The van der Waals surface area contributed by atoms with Gasteiger partial charge in [0.1, 0.15) is 0 Å². The number of rotatable bonds is 6. The number of benzene rings is 1. The van der Waals surface area contributed by atoms with E-state index in [1.807, 2.05) is 23.6 Å². The summed E-state index contributed by atoms with van der Waals surface area (Å²) in [6.45, 7) is 0. The summed E-state index contributed by atoms with van der Waals surface area (Å²) in [5.41, 5.74) is 1.06. The van der Waals surface area contributed by atoms with Crippen molar-refractivity contribution in [3.8, 4) is 17.1 Å². The van der Waals surface area contributed by atoms with Crippen LogP contribution in [0.3, 0.4) is 0 Å². The van der Waals surface area contributed by atoms with Crippen LogP contribution < -0.4 is 10.9 Å². The van der Waals surface area contributed by atoms with E-state index in [0.717, 1.165) is 11.6 Å². The molecular formula is C16H13ClN4O3S2. The molecule has 26 heavy (non-hydrogen) atoms. The highest BCUT2D eigenvalue weighted by Crippen LogP contribution is 2.30. The molecule has 0 fully saturated rings. The van der Waals surface area contributed by atoms with Gasteiger partial charge in [-0.25, -0.2) is 4.98 Å². The van der Waals surface area contributed by atoms with Crippen LogP contribution >= 0.6 is 34.7 Å². The number of nitrogens with one attached hydrogen (secondary N) is 2. The molecule has 0 saturated heterocycles. The van der Waals surface area contributed by atoms with Gasteiger partial charge in [0, 0.05) is 28.1 Å². The number of hydrogen-bond acceptors (Lipinski definition) is 7. The first kappa shape index (κ1) is 18.4. The number of thioether (sulfide) groups is 1. The van der Waals surface area contributed by atoms with E-state index in [-0.39, 0.29) is 23.4 Å². The maximum atomic E-state index is 12.0. The van der Waals surface area contributed by atoms with Gasteiger partial charge in [-0.2, -0.15) is 4.98 Å². The SMILES string of the molecule is O=C(CCSc1nc(O)cc(=O)[nH]1)Nc1nc(-c2ccccc2Cl)cs1. The van der Waals surface area contributed by atoms with Crippen molar-refractivity contribution in [3.05, 3.63) is 51.1 Å². The molecule has 0 unspecified atom stereocenters. The molecule has 2 heterocycles. The molecule has 1 aromatic carbocycles. The molecule has 0 spiro atoms. The summed E-state index contributed by atoms with van der Waals surface area (Å²) in [6.07, 6.45) is 0.199. The van der Waals surface area contributed by atoms with Crippen LogP contribution in [-0.2, 0) is 4.79 Å². The van der Waals surface area contributed by atoms with Crippen molar-refractivity contribution >= 4 is 45.7 Å². The molecule has 0 saturated carbocycles. The zero-order chi connectivity index (χ0) is 18.5. The molecule has 0 atom stereocenters. The molecular weight excluding hydrogens is 396 g/mol. The van der Waals surface area contributed by atoms with E-state index in [0.29, 0.717) is 21.6 Å². The minimum absolute atomic E-state index is 0.199. The summed E-state index contributed by atoms with van der Waals surface area (Å²) in [6, 6.07) is 8.34. The number of carbonyl (C=O) groups excluding carboxylic acids is 1. The highest BCUT2D eigenvalue weighted by molar-refractivity contribution is 7.99. The fourth-order valence-electron chi connectivity index (χ4n) is 2.04. The second kappa shape index (κ2) is 8.35. The molecule has 2 aromatic heterocycles. The van der Waals surface area contributed by atoms with Crippen molar-refractivity contribution in [1.29, 1.82) is 0 Å². The van der Waals surface area contributed by atoms with Crippen LogP contribution in [0.1, 0.15) is 6.42 Å². The van der Waals surface area contributed by atoms with Crippen molar-refractivity contribution in [3.63, 3.8) is 0 Å². The number of carbonyl (C=O) groups is 1. The molecule has 0 bridgehead atoms. The van der Waals surface area contributed by atoms with Crippen molar-refractivity contribution < 1.29 is 9.90 Å². The minimum atomic E-state index is -0.445. The Balaban J connectivity index is 1.54. The standard InChI is InChI=1S/C16H13ClN4O3S2/c17-10-4-2-1-3-9(10)11-8-26-15(18-11)19-12(22)5-6-25-16-20-13(23)7-14(24)21-16/h1-4,7-8H,5-6H2,(H,18,19,22)(H2,20,21,23,24). The number of H-pyrrole nitrogens is 1. The minimum Gasteiger partial charge on any atom is -0.493 e. The third-order valence-corrected chi connectivity index (χ3v) is 5.14. The lowest BCUT2D eigenvalue weighted by atomic mass is 10.2. The molecule has 0 aliphatic rings. The Morgan fingerprint density at radius 2 is 2.15 bits per heavy atom. The van der Waals surface area contributed by atoms with Gasteiger partial charge in [-0.3, -0.25) is 9.59 Å². The summed E-state index contributed by atoms with van der Waals surface area (Å²) in [7, 11) is 0. The predicted octanol–water partition coefficient (Wildman–Crippen LogP) is 3.37. The van der Waals surface area contributed by atoms with Crippen LogP contribution in [0.25, 0.3) is 11.3 Å². The van der Waals surface area contributed by atoms with Crippen molar-refractivity contribution in [2.45, 2.75) is 11.6 Å². The van der Waals surface area contributed by atoms with Crippen LogP contribution in [0.15, 0.2) is 45.7 Å². The highest BCUT2D eigenvalue weighted by atomic mass is 35.5. The highest BCUT2D eigenvalue weighted by Gasteiger charge is 2.10. The number of anilines is 1. The maximum absolute atomic E-state index is 12.0. The number of aromatic amines is 1. The van der Waals surface area contributed by atoms with Crippen molar-refractivity contribution in [2.24, 2.45) is 0 Å². The summed E-state index contributed by atoms with van der Waals surface area (Å²) in [5.74, 6) is -0.170. The van der Waals surface area contributed by atoms with Crippen LogP contribution in [-0.4, -0.2) is 31.7 Å². The number of hydrogen-bond donors (Lipinski definition) is 3. The fourth-order valence-corrected chi connectivity index (χ4v) is 3.81. The zero-order valence-corrected chi connectivity index (χ0v) is 15.6. The third kappa shape index (κ3) is 4.84. The number of halogens is 1. The summed E-state index contributed by atoms with van der Waals surface area (Å²) >= 11 is 8.63. The molecule has 7 nitrogen and oxygen atoms in total. The maximum Gasteiger partial charge on any atom is 0.255 e. The van der Waals surface area contributed by atoms with Gasteiger partial charge in [-0.05, 0) is 6.07 Å². The Morgan fingerprint density at radius 1 is 1.35 bits per heavy atom. The second-order valence-corrected chi connectivity index (χ2v) is 7.42. The molecule has 3 N–H and O–H groups in total. The van der Waals surface area contributed by atoms with Gasteiger partial charge < -0.3 is 15.4 Å². The number of nitrogens with zero attached hydrogens (tertiary/aromatic N) is 2. The average Bonchev–Trinajstić information content (AvgIpc) is 3.02. The second-order valence-electron chi connectivity index (χ2n) is 5.07. The first-order chi connectivity index (χ1) is 12.5. The Labute approximate surface area is 161 Å². The van der Waals surface area contributed by atoms with Gasteiger partial charge in [-0.1, -0.05) is 41.6 Å². The van der Waals surface area contributed by atoms with Gasteiger partial charge >= 0.3 is 0 Å². The molecule has 0 radical (unpaired) electrons. The Morgan fingerprint density at radius 3 is 2.92 bits per heavy atom.